The lowest BCUT2D eigenvalue weighted by molar-refractivity contribution is 0.0649. The van der Waals surface area contributed by atoms with Crippen molar-refractivity contribution in [1.29, 1.82) is 0 Å². The van der Waals surface area contributed by atoms with Gasteiger partial charge in [-0.15, -0.1) is 0 Å². The Morgan fingerprint density at radius 3 is 2.32 bits per heavy atom. The molecule has 0 aliphatic carbocycles. The highest BCUT2D eigenvalue weighted by atomic mass is 16.2. The van der Waals surface area contributed by atoms with Gasteiger partial charge >= 0.3 is 0 Å². The van der Waals surface area contributed by atoms with E-state index in [2.05, 4.69) is 27.9 Å². The minimum absolute atomic E-state index is 0.187. The molecule has 6 heteroatoms. The average molecular weight is 376 g/mol. The number of imidazole rings is 1. The van der Waals surface area contributed by atoms with E-state index in [1.807, 2.05) is 25.1 Å². The van der Waals surface area contributed by atoms with Gasteiger partial charge in [0.15, 0.2) is 0 Å². The van der Waals surface area contributed by atoms with Crippen LogP contribution < -0.4 is 5.32 Å². The number of imide groups is 1. The van der Waals surface area contributed by atoms with Crippen molar-refractivity contribution >= 4 is 22.8 Å². The molecule has 1 atom stereocenters. The molecule has 0 spiro atoms. The Kier molecular flexibility index (Phi) is 4.96. The maximum absolute atomic E-state index is 12.4. The summed E-state index contributed by atoms with van der Waals surface area (Å²) >= 11 is 0. The molecule has 2 amide bonds. The minimum Gasteiger partial charge on any atom is -0.327 e. The smallest absolute Gasteiger partial charge is 0.261 e. The van der Waals surface area contributed by atoms with E-state index in [1.54, 1.807) is 24.3 Å². The number of amides is 2. The molecule has 0 bridgehead atoms. The van der Waals surface area contributed by atoms with Crippen molar-refractivity contribution in [2.45, 2.75) is 32.9 Å². The predicted octanol–water partition coefficient (Wildman–Crippen LogP) is 3.01. The van der Waals surface area contributed by atoms with Crippen molar-refractivity contribution in [1.82, 2.24) is 19.8 Å². The Morgan fingerprint density at radius 1 is 0.964 bits per heavy atom. The van der Waals surface area contributed by atoms with E-state index in [0.29, 0.717) is 17.7 Å². The Hall–Kier alpha value is -2.99. The maximum atomic E-state index is 12.4. The number of aromatic nitrogens is 2. The van der Waals surface area contributed by atoms with Crippen molar-refractivity contribution < 1.29 is 9.59 Å². The first-order valence-electron chi connectivity index (χ1n) is 9.66. The van der Waals surface area contributed by atoms with Crippen LogP contribution in [0.15, 0.2) is 48.5 Å². The highest BCUT2D eigenvalue weighted by molar-refractivity contribution is 6.21. The molecule has 4 rings (SSSR count). The number of aryl methyl sites for hydroxylation is 1. The second kappa shape index (κ2) is 7.56. The summed E-state index contributed by atoms with van der Waals surface area (Å²) in [5.74, 6) is 0.628. The van der Waals surface area contributed by atoms with Crippen LogP contribution in [0.4, 0.5) is 0 Å². The van der Waals surface area contributed by atoms with Crippen LogP contribution in [0.3, 0.4) is 0 Å². The lowest BCUT2D eigenvalue weighted by atomic mass is 10.1. The zero-order valence-corrected chi connectivity index (χ0v) is 16.2. The van der Waals surface area contributed by atoms with Gasteiger partial charge in [-0.1, -0.05) is 24.3 Å². The van der Waals surface area contributed by atoms with Crippen LogP contribution in [0, 0.1) is 6.92 Å². The summed E-state index contributed by atoms with van der Waals surface area (Å²) < 4.78 is 2.21. The third-order valence-corrected chi connectivity index (χ3v) is 5.34. The van der Waals surface area contributed by atoms with E-state index in [9.17, 15) is 9.59 Å². The number of hydrogen-bond donors (Lipinski definition) is 1. The summed E-state index contributed by atoms with van der Waals surface area (Å²) in [6.45, 7) is 6.14. The molecule has 1 aromatic heterocycles. The van der Waals surface area contributed by atoms with Gasteiger partial charge < -0.3 is 9.88 Å². The molecule has 1 aliphatic heterocycles. The van der Waals surface area contributed by atoms with Crippen LogP contribution in [0.5, 0.6) is 0 Å². The summed E-state index contributed by atoms with van der Waals surface area (Å²) in [7, 11) is 0. The molecule has 0 saturated carbocycles. The van der Waals surface area contributed by atoms with Gasteiger partial charge in [0.05, 0.1) is 22.2 Å². The van der Waals surface area contributed by atoms with Gasteiger partial charge in [-0.2, -0.15) is 0 Å². The van der Waals surface area contributed by atoms with E-state index in [-0.39, 0.29) is 17.9 Å². The largest absolute Gasteiger partial charge is 0.327 e. The Morgan fingerprint density at radius 2 is 1.61 bits per heavy atom. The van der Waals surface area contributed by atoms with Gasteiger partial charge in [-0.25, -0.2) is 4.98 Å². The molecule has 28 heavy (non-hydrogen) atoms. The number of benzene rings is 2. The number of carbonyl (C=O) groups excluding carboxylic acids is 2. The van der Waals surface area contributed by atoms with Crippen LogP contribution in [0.25, 0.3) is 11.0 Å². The quantitative estimate of drug-likeness (QED) is 0.644. The molecular formula is C22H24N4O2. The highest BCUT2D eigenvalue weighted by Crippen LogP contribution is 2.22. The lowest BCUT2D eigenvalue weighted by Crippen LogP contribution is -2.36. The molecular weight excluding hydrogens is 352 g/mol. The maximum Gasteiger partial charge on any atom is 0.261 e. The number of nitrogens with one attached hydrogen (secondary N) is 1. The van der Waals surface area contributed by atoms with Gasteiger partial charge in [0.1, 0.15) is 5.82 Å². The minimum atomic E-state index is -0.187. The van der Waals surface area contributed by atoms with E-state index in [4.69, 9.17) is 0 Å². The number of nitrogens with zero attached hydrogens (tertiary/aromatic N) is 3. The fourth-order valence-corrected chi connectivity index (χ4v) is 3.77. The van der Waals surface area contributed by atoms with E-state index < -0.39 is 0 Å². The average Bonchev–Trinajstić information content (AvgIpc) is 3.15. The third kappa shape index (κ3) is 3.31. The predicted molar refractivity (Wildman–Crippen MR) is 108 cm³/mol. The standard InChI is InChI=1S/C22H24N4O2/c1-15(11-13-26-21(27)17-7-3-4-8-18(17)22(26)28)23-12-14-25-16(2)24-19-9-5-6-10-20(19)25/h3-10,15,23H,11-14H2,1-2H3/t15-/m0/s1. The molecule has 1 aliphatic rings. The van der Waals surface area contributed by atoms with E-state index >= 15 is 0 Å². The molecule has 0 fully saturated rings. The second-order valence-corrected chi connectivity index (χ2v) is 7.25. The van der Waals surface area contributed by atoms with Crippen molar-refractivity contribution in [2.24, 2.45) is 0 Å². The van der Waals surface area contributed by atoms with Gasteiger partial charge in [0.2, 0.25) is 0 Å². The molecule has 3 aromatic rings. The van der Waals surface area contributed by atoms with Crippen molar-refractivity contribution in [3.8, 4) is 0 Å². The summed E-state index contributed by atoms with van der Waals surface area (Å²) in [6, 6.07) is 15.3. The fraction of sp³-hybridized carbons (Fsp3) is 0.318. The number of para-hydroxylation sites is 2. The first kappa shape index (κ1) is 18.4. The second-order valence-electron chi connectivity index (χ2n) is 7.25. The van der Waals surface area contributed by atoms with E-state index in [0.717, 1.165) is 36.4 Å². The zero-order chi connectivity index (χ0) is 19.7. The normalized spacial score (nSPS) is 14.7. The Bertz CT molecular complexity index is 1000. The SMILES string of the molecule is Cc1nc2ccccc2n1CCN[C@@H](C)CCN1C(=O)c2ccccc2C1=O. The molecule has 0 radical (unpaired) electrons. The molecule has 2 aromatic carbocycles. The van der Waals surface area contributed by atoms with Crippen LogP contribution in [-0.2, 0) is 6.54 Å². The first-order valence-corrected chi connectivity index (χ1v) is 9.66. The number of rotatable bonds is 7. The van der Waals surface area contributed by atoms with Crippen LogP contribution >= 0.6 is 0 Å². The van der Waals surface area contributed by atoms with Crippen molar-refractivity contribution in [3.05, 3.63) is 65.5 Å². The van der Waals surface area contributed by atoms with Crippen LogP contribution in [-0.4, -0.2) is 45.4 Å². The summed E-state index contributed by atoms with van der Waals surface area (Å²) in [6.07, 6.45) is 0.717. The number of carbonyl (C=O) groups is 2. The molecule has 0 saturated heterocycles. The van der Waals surface area contributed by atoms with Gasteiger partial charge in [-0.05, 0) is 44.5 Å². The topological polar surface area (TPSA) is 67.2 Å². The Labute approximate surface area is 164 Å². The fourth-order valence-electron chi connectivity index (χ4n) is 3.77. The van der Waals surface area contributed by atoms with Gasteiger partial charge in [0, 0.05) is 25.7 Å². The lowest BCUT2D eigenvalue weighted by Gasteiger charge is -2.19. The summed E-state index contributed by atoms with van der Waals surface area (Å²) in [4.78, 5) is 30.8. The Balaban J connectivity index is 1.30. The summed E-state index contributed by atoms with van der Waals surface area (Å²) in [5.41, 5.74) is 3.17. The van der Waals surface area contributed by atoms with Crippen LogP contribution in [0.2, 0.25) is 0 Å². The number of fused-ring (bicyclic) bond motifs is 2. The van der Waals surface area contributed by atoms with E-state index in [1.165, 1.54) is 4.90 Å². The van der Waals surface area contributed by atoms with Crippen molar-refractivity contribution in [3.63, 3.8) is 0 Å². The molecule has 1 N–H and O–H groups in total. The number of hydrogen-bond acceptors (Lipinski definition) is 4. The molecule has 0 unspecified atom stereocenters. The third-order valence-electron chi connectivity index (χ3n) is 5.34. The zero-order valence-electron chi connectivity index (χ0n) is 16.2. The molecule has 144 valence electrons. The monoisotopic (exact) mass is 376 g/mol. The van der Waals surface area contributed by atoms with Gasteiger partial charge in [-0.3, -0.25) is 14.5 Å². The molecule has 6 nitrogen and oxygen atoms in total. The molecule has 2 heterocycles. The summed E-state index contributed by atoms with van der Waals surface area (Å²) in [5, 5.41) is 3.49. The first-order chi connectivity index (χ1) is 13.6. The van der Waals surface area contributed by atoms with Crippen molar-refractivity contribution in [2.75, 3.05) is 13.1 Å². The highest BCUT2D eigenvalue weighted by Gasteiger charge is 2.34. The van der Waals surface area contributed by atoms with Crippen LogP contribution in [0.1, 0.15) is 39.9 Å². The van der Waals surface area contributed by atoms with Gasteiger partial charge in [0.25, 0.3) is 11.8 Å².